The van der Waals surface area contributed by atoms with E-state index >= 15 is 0 Å². The van der Waals surface area contributed by atoms with Crippen LogP contribution in [0.1, 0.15) is 23.8 Å². The summed E-state index contributed by atoms with van der Waals surface area (Å²) < 4.78 is 0. The first-order chi connectivity index (χ1) is 9.69. The Bertz CT molecular complexity index is 584. The van der Waals surface area contributed by atoms with Gasteiger partial charge in [-0.15, -0.1) is 0 Å². The van der Waals surface area contributed by atoms with Crippen molar-refractivity contribution in [3.05, 3.63) is 53.3 Å². The number of aromatic nitrogens is 1. The maximum absolute atomic E-state index is 12.0. The molecule has 2 aromatic rings. The number of hydrogen-bond acceptors (Lipinski definition) is 3. The van der Waals surface area contributed by atoms with Crippen LogP contribution in [-0.4, -0.2) is 17.4 Å². The minimum absolute atomic E-state index is 0.255. The van der Waals surface area contributed by atoms with E-state index in [2.05, 4.69) is 22.5 Å². The molecule has 4 nitrogen and oxygen atoms in total. The van der Waals surface area contributed by atoms with Gasteiger partial charge in [0.2, 0.25) is 0 Å². The first-order valence-corrected chi connectivity index (χ1v) is 6.83. The number of halogens is 1. The number of rotatable bonds is 5. The second-order valence-electron chi connectivity index (χ2n) is 4.32. The van der Waals surface area contributed by atoms with E-state index in [0.29, 0.717) is 16.4 Å². The van der Waals surface area contributed by atoms with Crippen molar-refractivity contribution < 1.29 is 4.79 Å². The predicted octanol–water partition coefficient (Wildman–Crippen LogP) is 3.81. The number of benzene rings is 1. The molecule has 0 aliphatic heterocycles. The lowest BCUT2D eigenvalue weighted by molar-refractivity contribution is 0.102. The smallest absolute Gasteiger partial charge is 0.274 e. The molecule has 0 saturated carbocycles. The summed E-state index contributed by atoms with van der Waals surface area (Å²) in [6, 6.07) is 10.5. The zero-order valence-corrected chi connectivity index (χ0v) is 11.9. The minimum Gasteiger partial charge on any atom is -0.384 e. The van der Waals surface area contributed by atoms with Crippen molar-refractivity contribution in [2.45, 2.75) is 13.3 Å². The van der Waals surface area contributed by atoms with Gasteiger partial charge in [-0.25, -0.2) is 4.98 Å². The van der Waals surface area contributed by atoms with E-state index < -0.39 is 0 Å². The van der Waals surface area contributed by atoms with Gasteiger partial charge in [-0.3, -0.25) is 4.79 Å². The van der Waals surface area contributed by atoms with Gasteiger partial charge >= 0.3 is 0 Å². The number of nitrogens with one attached hydrogen (secondary N) is 2. The van der Waals surface area contributed by atoms with Gasteiger partial charge in [-0.2, -0.15) is 0 Å². The van der Waals surface area contributed by atoms with Gasteiger partial charge in [-0.05, 0) is 36.8 Å². The molecular formula is C15H16ClN3O. The van der Waals surface area contributed by atoms with Crippen molar-refractivity contribution in [2.24, 2.45) is 0 Å². The highest BCUT2D eigenvalue weighted by Crippen LogP contribution is 2.16. The lowest BCUT2D eigenvalue weighted by atomic mass is 10.3. The SMILES string of the molecule is CCCNc1ccc(C(=O)Nc2cccc(Cl)c2)nc1. The lowest BCUT2D eigenvalue weighted by Crippen LogP contribution is -2.13. The lowest BCUT2D eigenvalue weighted by Gasteiger charge is -2.07. The molecular weight excluding hydrogens is 274 g/mol. The summed E-state index contributed by atoms with van der Waals surface area (Å²) in [6.45, 7) is 2.98. The maximum atomic E-state index is 12.0. The molecule has 5 heteroatoms. The van der Waals surface area contributed by atoms with Gasteiger partial charge < -0.3 is 10.6 Å². The number of amides is 1. The van der Waals surface area contributed by atoms with Crippen LogP contribution < -0.4 is 10.6 Å². The van der Waals surface area contributed by atoms with Crippen LogP contribution >= 0.6 is 11.6 Å². The largest absolute Gasteiger partial charge is 0.384 e. The van der Waals surface area contributed by atoms with Gasteiger partial charge in [0, 0.05) is 17.3 Å². The van der Waals surface area contributed by atoms with Crippen LogP contribution in [0.4, 0.5) is 11.4 Å². The molecule has 0 radical (unpaired) electrons. The monoisotopic (exact) mass is 289 g/mol. The highest BCUT2D eigenvalue weighted by Gasteiger charge is 2.07. The molecule has 0 fully saturated rings. The number of anilines is 2. The van der Waals surface area contributed by atoms with E-state index in [9.17, 15) is 4.79 Å². The molecule has 1 amide bonds. The van der Waals surface area contributed by atoms with Gasteiger partial charge in [0.05, 0.1) is 11.9 Å². The fourth-order valence-corrected chi connectivity index (χ4v) is 1.85. The Balaban J connectivity index is 2.02. The molecule has 0 atom stereocenters. The Hall–Kier alpha value is -2.07. The van der Waals surface area contributed by atoms with Crippen LogP contribution in [0, 0.1) is 0 Å². The van der Waals surface area contributed by atoms with E-state index in [-0.39, 0.29) is 5.91 Å². The fraction of sp³-hybridized carbons (Fsp3) is 0.200. The molecule has 1 heterocycles. The number of nitrogens with zero attached hydrogens (tertiary/aromatic N) is 1. The molecule has 104 valence electrons. The second-order valence-corrected chi connectivity index (χ2v) is 4.76. The summed E-state index contributed by atoms with van der Waals surface area (Å²) >= 11 is 5.87. The molecule has 0 saturated heterocycles. The molecule has 2 rings (SSSR count). The first kappa shape index (κ1) is 14.3. The van der Waals surface area contributed by atoms with Gasteiger partial charge in [0.15, 0.2) is 0 Å². The Kier molecular flexibility index (Phi) is 4.96. The molecule has 2 N–H and O–H groups in total. The van der Waals surface area contributed by atoms with E-state index in [1.165, 1.54) is 0 Å². The Morgan fingerprint density at radius 3 is 2.75 bits per heavy atom. The molecule has 0 spiro atoms. The van der Waals surface area contributed by atoms with Crippen molar-refractivity contribution in [3.63, 3.8) is 0 Å². The van der Waals surface area contributed by atoms with Crippen molar-refractivity contribution in [1.29, 1.82) is 0 Å². The van der Waals surface area contributed by atoms with Crippen LogP contribution in [0.3, 0.4) is 0 Å². The predicted molar refractivity (Wildman–Crippen MR) is 82.4 cm³/mol. The molecule has 0 bridgehead atoms. The summed E-state index contributed by atoms with van der Waals surface area (Å²) in [4.78, 5) is 16.2. The van der Waals surface area contributed by atoms with Crippen molar-refractivity contribution in [3.8, 4) is 0 Å². The molecule has 20 heavy (non-hydrogen) atoms. The summed E-state index contributed by atoms with van der Waals surface area (Å²) in [6.07, 6.45) is 2.69. The third kappa shape index (κ3) is 3.96. The average Bonchev–Trinajstić information content (AvgIpc) is 2.45. The number of carbonyl (C=O) groups is 1. The quantitative estimate of drug-likeness (QED) is 0.880. The number of hydrogen-bond donors (Lipinski definition) is 2. The summed E-state index contributed by atoms with van der Waals surface area (Å²) in [5, 5.41) is 6.54. The summed E-state index contributed by atoms with van der Waals surface area (Å²) in [5.74, 6) is -0.255. The fourth-order valence-electron chi connectivity index (χ4n) is 1.66. The van der Waals surface area contributed by atoms with E-state index in [1.54, 1.807) is 36.5 Å². The summed E-state index contributed by atoms with van der Waals surface area (Å²) in [7, 11) is 0. The third-order valence-corrected chi connectivity index (χ3v) is 2.89. The van der Waals surface area contributed by atoms with E-state index in [0.717, 1.165) is 18.7 Å². The summed E-state index contributed by atoms with van der Waals surface area (Å²) in [5.41, 5.74) is 1.93. The Labute approximate surface area is 123 Å². The molecule has 1 aromatic heterocycles. The standard InChI is InChI=1S/C15H16ClN3O/c1-2-8-17-13-6-7-14(18-10-13)15(20)19-12-5-3-4-11(16)9-12/h3-7,9-10,17H,2,8H2,1H3,(H,19,20). The zero-order chi connectivity index (χ0) is 14.4. The number of carbonyl (C=O) groups excluding carboxylic acids is 1. The van der Waals surface area contributed by atoms with Crippen molar-refractivity contribution >= 4 is 28.9 Å². The molecule has 0 aliphatic carbocycles. The molecule has 0 aliphatic rings. The zero-order valence-electron chi connectivity index (χ0n) is 11.2. The first-order valence-electron chi connectivity index (χ1n) is 6.46. The Morgan fingerprint density at radius 1 is 1.25 bits per heavy atom. The van der Waals surface area contributed by atoms with Gasteiger partial charge in [-0.1, -0.05) is 24.6 Å². The van der Waals surface area contributed by atoms with Crippen LogP contribution in [0.15, 0.2) is 42.6 Å². The normalized spacial score (nSPS) is 10.1. The van der Waals surface area contributed by atoms with Crippen LogP contribution in [0.25, 0.3) is 0 Å². The van der Waals surface area contributed by atoms with Gasteiger partial charge in [0.25, 0.3) is 5.91 Å². The van der Waals surface area contributed by atoms with Crippen molar-refractivity contribution in [1.82, 2.24) is 4.98 Å². The minimum atomic E-state index is -0.255. The Morgan fingerprint density at radius 2 is 2.10 bits per heavy atom. The molecule has 0 unspecified atom stereocenters. The number of pyridine rings is 1. The topological polar surface area (TPSA) is 54.0 Å². The molecule has 1 aromatic carbocycles. The van der Waals surface area contributed by atoms with E-state index in [1.807, 2.05) is 6.07 Å². The third-order valence-electron chi connectivity index (χ3n) is 2.66. The maximum Gasteiger partial charge on any atom is 0.274 e. The van der Waals surface area contributed by atoms with Crippen LogP contribution in [-0.2, 0) is 0 Å². The highest BCUT2D eigenvalue weighted by atomic mass is 35.5. The van der Waals surface area contributed by atoms with Crippen molar-refractivity contribution in [2.75, 3.05) is 17.2 Å². The average molecular weight is 290 g/mol. The second kappa shape index (κ2) is 6.91. The highest BCUT2D eigenvalue weighted by molar-refractivity contribution is 6.30. The van der Waals surface area contributed by atoms with Crippen LogP contribution in [0.5, 0.6) is 0 Å². The van der Waals surface area contributed by atoms with Gasteiger partial charge in [0.1, 0.15) is 5.69 Å². The van der Waals surface area contributed by atoms with E-state index in [4.69, 9.17) is 11.6 Å². The van der Waals surface area contributed by atoms with Crippen LogP contribution in [0.2, 0.25) is 5.02 Å².